The van der Waals surface area contributed by atoms with E-state index in [4.69, 9.17) is 11.6 Å². The Labute approximate surface area is 121 Å². The predicted molar refractivity (Wildman–Crippen MR) is 80.8 cm³/mol. The number of fused-ring (bicyclic) bond motifs is 1. The van der Waals surface area contributed by atoms with Crippen molar-refractivity contribution < 1.29 is 0 Å². The Morgan fingerprint density at radius 2 is 2.32 bits per heavy atom. The van der Waals surface area contributed by atoms with Crippen molar-refractivity contribution in [3.8, 4) is 0 Å². The molecule has 0 aromatic carbocycles. The molecule has 0 radical (unpaired) electrons. The van der Waals surface area contributed by atoms with Crippen LogP contribution in [-0.4, -0.2) is 34.5 Å². The minimum absolute atomic E-state index is 0.249. The molecule has 1 unspecified atom stereocenters. The lowest BCUT2D eigenvalue weighted by atomic mass is 10.1. The van der Waals surface area contributed by atoms with Gasteiger partial charge in [-0.15, -0.1) is 11.3 Å². The number of aromatic nitrogens is 2. The fourth-order valence-corrected chi connectivity index (χ4v) is 3.43. The van der Waals surface area contributed by atoms with Crippen LogP contribution in [0.4, 0.5) is 5.82 Å². The van der Waals surface area contributed by atoms with Crippen molar-refractivity contribution in [3.63, 3.8) is 0 Å². The van der Waals surface area contributed by atoms with Gasteiger partial charge in [-0.25, -0.2) is 9.97 Å². The van der Waals surface area contributed by atoms with Gasteiger partial charge in [0.05, 0.1) is 10.4 Å². The number of hydrogen-bond acceptors (Lipinski definition) is 5. The number of halogens is 1. The molecule has 2 aromatic heterocycles. The predicted octanol–water partition coefficient (Wildman–Crippen LogP) is 3.36. The Hall–Kier alpha value is -1.33. The molecule has 3 heterocycles. The minimum atomic E-state index is 0.249. The van der Waals surface area contributed by atoms with E-state index in [-0.39, 0.29) is 6.04 Å². The first-order chi connectivity index (χ1) is 9.15. The molecule has 4 nitrogen and oxygen atoms in total. The van der Waals surface area contributed by atoms with E-state index in [9.17, 15) is 0 Å². The van der Waals surface area contributed by atoms with Crippen LogP contribution >= 0.6 is 22.9 Å². The maximum atomic E-state index is 6.21. The van der Waals surface area contributed by atoms with E-state index >= 15 is 0 Å². The SMILES string of the molecule is CC(Nc1ncnc2scc(Cl)c12)C1=CN(C)CC1. The third-order valence-corrected chi connectivity index (χ3v) is 4.69. The lowest BCUT2D eigenvalue weighted by Gasteiger charge is -2.15. The van der Waals surface area contributed by atoms with Crippen LogP contribution in [0, 0.1) is 0 Å². The molecule has 0 saturated carbocycles. The van der Waals surface area contributed by atoms with Crippen LogP contribution in [0.2, 0.25) is 5.02 Å². The topological polar surface area (TPSA) is 41.1 Å². The molecule has 0 amide bonds. The van der Waals surface area contributed by atoms with E-state index in [1.54, 1.807) is 17.7 Å². The molecule has 1 atom stereocenters. The van der Waals surface area contributed by atoms with Crippen molar-refractivity contribution in [1.29, 1.82) is 0 Å². The average molecular weight is 295 g/mol. The number of nitrogens with zero attached hydrogens (tertiary/aromatic N) is 3. The summed E-state index contributed by atoms with van der Waals surface area (Å²) in [7, 11) is 2.10. The molecule has 1 aliphatic rings. The Morgan fingerprint density at radius 3 is 3.05 bits per heavy atom. The van der Waals surface area contributed by atoms with E-state index in [1.165, 1.54) is 5.57 Å². The van der Waals surface area contributed by atoms with E-state index in [1.807, 2.05) is 5.38 Å². The molecule has 19 heavy (non-hydrogen) atoms. The summed E-state index contributed by atoms with van der Waals surface area (Å²) in [6.07, 6.45) is 4.88. The standard InChI is InChI=1S/C13H15ClN4S/c1-8(9-3-4-18(2)5-9)17-12-11-10(14)6-19-13(11)16-7-15-12/h5-8H,3-4H2,1-2H3,(H,15,16,17). The van der Waals surface area contributed by atoms with Crippen molar-refractivity contribution in [2.75, 3.05) is 18.9 Å². The largest absolute Gasteiger partial charge is 0.380 e. The van der Waals surface area contributed by atoms with E-state index < -0.39 is 0 Å². The number of thiophene rings is 1. The number of hydrogen-bond donors (Lipinski definition) is 1. The van der Waals surface area contributed by atoms with Crippen LogP contribution in [0.5, 0.6) is 0 Å². The second-order valence-electron chi connectivity index (χ2n) is 4.79. The zero-order valence-electron chi connectivity index (χ0n) is 10.9. The summed E-state index contributed by atoms with van der Waals surface area (Å²) in [5.41, 5.74) is 1.39. The first kappa shape index (κ1) is 12.7. The summed E-state index contributed by atoms with van der Waals surface area (Å²) in [4.78, 5) is 11.7. The van der Waals surface area contributed by atoms with E-state index in [0.717, 1.165) is 29.0 Å². The third-order valence-electron chi connectivity index (χ3n) is 3.37. The highest BCUT2D eigenvalue weighted by atomic mass is 35.5. The highest BCUT2D eigenvalue weighted by Crippen LogP contribution is 2.33. The highest BCUT2D eigenvalue weighted by molar-refractivity contribution is 7.17. The molecule has 1 aliphatic heterocycles. The lowest BCUT2D eigenvalue weighted by molar-refractivity contribution is 0.496. The van der Waals surface area contributed by atoms with Gasteiger partial charge in [-0.3, -0.25) is 0 Å². The van der Waals surface area contributed by atoms with Crippen LogP contribution in [0.1, 0.15) is 13.3 Å². The van der Waals surface area contributed by atoms with Crippen LogP contribution < -0.4 is 5.32 Å². The summed E-state index contributed by atoms with van der Waals surface area (Å²) in [6.45, 7) is 3.24. The highest BCUT2D eigenvalue weighted by Gasteiger charge is 2.17. The lowest BCUT2D eigenvalue weighted by Crippen LogP contribution is -2.18. The molecule has 0 spiro atoms. The van der Waals surface area contributed by atoms with Gasteiger partial charge in [0.1, 0.15) is 17.0 Å². The molecule has 1 N–H and O–H groups in total. The fraction of sp³-hybridized carbons (Fsp3) is 0.385. The van der Waals surface area contributed by atoms with Gasteiger partial charge in [0, 0.05) is 31.2 Å². The van der Waals surface area contributed by atoms with Crippen LogP contribution in [-0.2, 0) is 0 Å². The van der Waals surface area contributed by atoms with Crippen molar-refractivity contribution in [3.05, 3.63) is 28.5 Å². The Balaban J connectivity index is 1.89. The van der Waals surface area contributed by atoms with Gasteiger partial charge in [0.25, 0.3) is 0 Å². The van der Waals surface area contributed by atoms with Gasteiger partial charge in [0.15, 0.2) is 0 Å². The Kier molecular flexibility index (Phi) is 3.33. The van der Waals surface area contributed by atoms with Crippen molar-refractivity contribution in [1.82, 2.24) is 14.9 Å². The quantitative estimate of drug-likeness (QED) is 0.942. The fourth-order valence-electron chi connectivity index (χ4n) is 2.29. The van der Waals surface area contributed by atoms with Crippen molar-refractivity contribution in [2.45, 2.75) is 19.4 Å². The maximum absolute atomic E-state index is 6.21. The Morgan fingerprint density at radius 1 is 1.47 bits per heavy atom. The molecule has 0 saturated heterocycles. The molecule has 0 bridgehead atoms. The zero-order valence-corrected chi connectivity index (χ0v) is 12.4. The summed E-state index contributed by atoms with van der Waals surface area (Å²) >= 11 is 7.75. The molecular formula is C13H15ClN4S. The molecule has 6 heteroatoms. The summed E-state index contributed by atoms with van der Waals surface area (Å²) in [6, 6.07) is 0.249. The number of nitrogens with one attached hydrogen (secondary N) is 1. The van der Waals surface area contributed by atoms with Crippen LogP contribution in [0.25, 0.3) is 10.2 Å². The smallest absolute Gasteiger partial charge is 0.140 e. The normalized spacial score (nSPS) is 16.8. The number of rotatable bonds is 3. The molecule has 2 aromatic rings. The molecule has 3 rings (SSSR count). The molecule has 100 valence electrons. The first-order valence-corrected chi connectivity index (χ1v) is 7.46. The second-order valence-corrected chi connectivity index (χ2v) is 6.05. The summed E-state index contributed by atoms with van der Waals surface area (Å²) in [5.74, 6) is 0.819. The van der Waals surface area contributed by atoms with Crippen LogP contribution in [0.15, 0.2) is 23.5 Å². The second kappa shape index (κ2) is 4.98. The van der Waals surface area contributed by atoms with Crippen molar-refractivity contribution >= 4 is 39.0 Å². The monoisotopic (exact) mass is 294 g/mol. The summed E-state index contributed by atoms with van der Waals surface area (Å²) in [5, 5.41) is 6.99. The molecule has 0 aliphatic carbocycles. The van der Waals surface area contributed by atoms with Gasteiger partial charge in [-0.1, -0.05) is 11.6 Å². The van der Waals surface area contributed by atoms with Gasteiger partial charge in [-0.2, -0.15) is 0 Å². The summed E-state index contributed by atoms with van der Waals surface area (Å²) < 4.78 is 0. The number of anilines is 1. The van der Waals surface area contributed by atoms with Gasteiger partial charge in [0.2, 0.25) is 0 Å². The minimum Gasteiger partial charge on any atom is -0.380 e. The first-order valence-electron chi connectivity index (χ1n) is 6.20. The maximum Gasteiger partial charge on any atom is 0.140 e. The van der Waals surface area contributed by atoms with Gasteiger partial charge < -0.3 is 10.2 Å². The van der Waals surface area contributed by atoms with Crippen molar-refractivity contribution in [2.24, 2.45) is 0 Å². The average Bonchev–Trinajstić information content (AvgIpc) is 2.97. The van der Waals surface area contributed by atoms with E-state index in [0.29, 0.717) is 5.02 Å². The van der Waals surface area contributed by atoms with E-state index in [2.05, 4.69) is 40.4 Å². The zero-order chi connectivity index (χ0) is 13.4. The molecule has 0 fully saturated rings. The third kappa shape index (κ3) is 2.40. The van der Waals surface area contributed by atoms with Crippen LogP contribution in [0.3, 0.4) is 0 Å². The molecular weight excluding hydrogens is 280 g/mol. The van der Waals surface area contributed by atoms with Gasteiger partial charge in [-0.05, 0) is 18.9 Å². The van der Waals surface area contributed by atoms with Gasteiger partial charge >= 0.3 is 0 Å². The Bertz CT molecular complexity index is 637.